The summed E-state index contributed by atoms with van der Waals surface area (Å²) in [6.45, 7) is 10.6. The van der Waals surface area contributed by atoms with Crippen LogP contribution in [0, 0.1) is 25.7 Å². The summed E-state index contributed by atoms with van der Waals surface area (Å²) in [7, 11) is 0. The molecular weight excluding hydrogens is 376 g/mol. The summed E-state index contributed by atoms with van der Waals surface area (Å²) in [5.74, 6) is 0.948. The van der Waals surface area contributed by atoms with Crippen molar-refractivity contribution in [3.05, 3.63) is 63.8 Å². The highest BCUT2D eigenvalue weighted by atomic mass is 16.2. The van der Waals surface area contributed by atoms with E-state index in [4.69, 9.17) is 0 Å². The first kappa shape index (κ1) is 20.4. The van der Waals surface area contributed by atoms with Gasteiger partial charge in [0.05, 0.1) is 11.6 Å². The van der Waals surface area contributed by atoms with E-state index in [1.54, 1.807) is 6.20 Å². The Hall–Kier alpha value is -2.89. The molecule has 0 radical (unpaired) electrons. The first-order valence-corrected chi connectivity index (χ1v) is 10.7. The van der Waals surface area contributed by atoms with Crippen LogP contribution in [0.4, 0.5) is 0 Å². The number of piperidine rings is 1. The van der Waals surface area contributed by atoms with Crippen molar-refractivity contribution in [2.45, 2.75) is 47.2 Å². The van der Waals surface area contributed by atoms with E-state index >= 15 is 0 Å². The van der Waals surface area contributed by atoms with Crippen molar-refractivity contribution in [1.29, 1.82) is 0 Å². The summed E-state index contributed by atoms with van der Waals surface area (Å²) in [5.41, 5.74) is 2.93. The van der Waals surface area contributed by atoms with Crippen LogP contribution in [0.1, 0.15) is 37.2 Å². The lowest BCUT2D eigenvalue weighted by Gasteiger charge is -2.35. The van der Waals surface area contributed by atoms with E-state index in [0.717, 1.165) is 36.3 Å². The summed E-state index contributed by atoms with van der Waals surface area (Å²) in [5, 5.41) is 5.86. The molecule has 0 N–H and O–H groups in total. The van der Waals surface area contributed by atoms with E-state index < -0.39 is 0 Å². The number of carbonyl (C=O) groups is 1. The zero-order chi connectivity index (χ0) is 21.4. The SMILES string of the molecule is Cc1c2cnn(CC(=O)N3C[C@H](C)C[C@H](C)C3)c(=O)c2c(C)n1Cc1ccccc1. The molecule has 0 spiro atoms. The maximum absolute atomic E-state index is 13.2. The van der Waals surface area contributed by atoms with E-state index in [1.807, 2.05) is 36.9 Å². The van der Waals surface area contributed by atoms with Gasteiger partial charge in [0.2, 0.25) is 5.91 Å². The largest absolute Gasteiger partial charge is 0.343 e. The summed E-state index contributed by atoms with van der Waals surface area (Å²) < 4.78 is 3.48. The van der Waals surface area contributed by atoms with E-state index in [-0.39, 0.29) is 18.0 Å². The second kappa shape index (κ2) is 8.09. The van der Waals surface area contributed by atoms with Crippen molar-refractivity contribution in [3.63, 3.8) is 0 Å². The number of fused-ring (bicyclic) bond motifs is 1. The molecule has 1 saturated heterocycles. The van der Waals surface area contributed by atoms with Crippen LogP contribution < -0.4 is 5.56 Å². The number of benzene rings is 1. The lowest BCUT2D eigenvalue weighted by atomic mass is 9.92. The fourth-order valence-electron chi connectivity index (χ4n) is 4.86. The fourth-order valence-corrected chi connectivity index (χ4v) is 4.86. The number of amides is 1. The first-order chi connectivity index (χ1) is 14.3. The van der Waals surface area contributed by atoms with Crippen molar-refractivity contribution in [1.82, 2.24) is 19.2 Å². The Labute approximate surface area is 177 Å². The molecule has 6 nitrogen and oxygen atoms in total. The Morgan fingerprint density at radius 3 is 2.40 bits per heavy atom. The van der Waals surface area contributed by atoms with Gasteiger partial charge in [-0.2, -0.15) is 5.10 Å². The normalized spacial score (nSPS) is 19.4. The topological polar surface area (TPSA) is 60.1 Å². The molecule has 0 saturated carbocycles. The van der Waals surface area contributed by atoms with Crippen LogP contribution in [-0.4, -0.2) is 38.2 Å². The van der Waals surface area contributed by atoms with Gasteiger partial charge in [-0.05, 0) is 37.7 Å². The molecule has 1 amide bonds. The zero-order valence-corrected chi connectivity index (χ0v) is 18.3. The number of hydrogen-bond acceptors (Lipinski definition) is 3. The van der Waals surface area contributed by atoms with Gasteiger partial charge < -0.3 is 9.47 Å². The number of hydrogen-bond donors (Lipinski definition) is 0. The van der Waals surface area contributed by atoms with E-state index in [2.05, 4.69) is 35.6 Å². The monoisotopic (exact) mass is 406 g/mol. The quantitative estimate of drug-likeness (QED) is 0.667. The molecule has 158 valence electrons. The summed E-state index contributed by atoms with van der Waals surface area (Å²) >= 11 is 0. The molecule has 0 unspecified atom stereocenters. The number of nitrogens with zero attached hydrogens (tertiary/aromatic N) is 4. The van der Waals surface area contributed by atoms with Gasteiger partial charge in [-0.15, -0.1) is 0 Å². The van der Waals surface area contributed by atoms with Crippen LogP contribution in [0.2, 0.25) is 0 Å². The van der Waals surface area contributed by atoms with Crippen molar-refractivity contribution < 1.29 is 4.79 Å². The molecule has 0 bridgehead atoms. The highest BCUT2D eigenvalue weighted by molar-refractivity contribution is 5.87. The Morgan fingerprint density at radius 1 is 1.07 bits per heavy atom. The van der Waals surface area contributed by atoms with E-state index in [1.165, 1.54) is 10.2 Å². The summed E-state index contributed by atoms with van der Waals surface area (Å²) in [6.07, 6.45) is 2.87. The predicted octanol–water partition coefficient (Wildman–Crippen LogP) is 3.37. The molecule has 30 heavy (non-hydrogen) atoms. The Morgan fingerprint density at radius 2 is 1.73 bits per heavy atom. The number of carbonyl (C=O) groups excluding carboxylic acids is 1. The molecule has 1 aromatic carbocycles. The third kappa shape index (κ3) is 3.78. The highest BCUT2D eigenvalue weighted by Crippen LogP contribution is 2.24. The fraction of sp³-hybridized carbons (Fsp3) is 0.458. The van der Waals surface area contributed by atoms with Gasteiger partial charge in [0.25, 0.3) is 5.56 Å². The van der Waals surface area contributed by atoms with Gasteiger partial charge in [0.1, 0.15) is 6.54 Å². The number of likely N-dealkylation sites (tertiary alicyclic amines) is 1. The zero-order valence-electron chi connectivity index (χ0n) is 18.3. The van der Waals surface area contributed by atoms with Gasteiger partial charge in [-0.25, -0.2) is 4.68 Å². The number of rotatable bonds is 4. The third-order valence-corrected chi connectivity index (χ3v) is 6.30. The van der Waals surface area contributed by atoms with Crippen LogP contribution in [-0.2, 0) is 17.9 Å². The minimum Gasteiger partial charge on any atom is -0.343 e. The minimum absolute atomic E-state index is 0.00341. The van der Waals surface area contributed by atoms with Crippen LogP contribution >= 0.6 is 0 Å². The molecular formula is C24H30N4O2. The van der Waals surface area contributed by atoms with Crippen molar-refractivity contribution in [3.8, 4) is 0 Å². The molecule has 4 rings (SSSR count). The standard InChI is InChI=1S/C24H30N4O2/c1-16-10-17(2)13-26(12-16)22(29)15-28-24(30)23-19(4)27(18(3)21(23)11-25-28)14-20-8-6-5-7-9-20/h5-9,11,16-17H,10,12-15H2,1-4H3/t16-,17+. The van der Waals surface area contributed by atoms with Crippen molar-refractivity contribution in [2.75, 3.05) is 13.1 Å². The second-order valence-corrected chi connectivity index (χ2v) is 8.88. The molecule has 2 atom stereocenters. The van der Waals surface area contributed by atoms with Crippen LogP contribution in [0.5, 0.6) is 0 Å². The number of aryl methyl sites for hydroxylation is 2. The molecule has 1 aliphatic rings. The van der Waals surface area contributed by atoms with Gasteiger partial charge in [0.15, 0.2) is 0 Å². The highest BCUT2D eigenvalue weighted by Gasteiger charge is 2.26. The number of aromatic nitrogens is 3. The van der Waals surface area contributed by atoms with Crippen LogP contribution in [0.3, 0.4) is 0 Å². The summed E-state index contributed by atoms with van der Waals surface area (Å²) in [4.78, 5) is 28.0. The van der Waals surface area contributed by atoms with E-state index in [0.29, 0.717) is 23.8 Å². The van der Waals surface area contributed by atoms with Crippen molar-refractivity contribution in [2.24, 2.45) is 11.8 Å². The van der Waals surface area contributed by atoms with Crippen LogP contribution in [0.15, 0.2) is 41.3 Å². The first-order valence-electron chi connectivity index (χ1n) is 10.7. The average Bonchev–Trinajstić information content (AvgIpc) is 2.95. The molecule has 3 heterocycles. The smallest absolute Gasteiger partial charge is 0.276 e. The lowest BCUT2D eigenvalue weighted by molar-refractivity contribution is -0.134. The second-order valence-electron chi connectivity index (χ2n) is 8.88. The third-order valence-electron chi connectivity index (χ3n) is 6.30. The average molecular weight is 407 g/mol. The Balaban J connectivity index is 1.65. The molecule has 1 aliphatic heterocycles. The minimum atomic E-state index is -0.189. The van der Waals surface area contributed by atoms with Crippen LogP contribution in [0.25, 0.3) is 10.8 Å². The lowest BCUT2D eigenvalue weighted by Crippen LogP contribution is -2.45. The van der Waals surface area contributed by atoms with Gasteiger partial charge in [0, 0.05) is 36.4 Å². The summed E-state index contributed by atoms with van der Waals surface area (Å²) in [6, 6.07) is 10.2. The van der Waals surface area contributed by atoms with Crippen molar-refractivity contribution >= 4 is 16.7 Å². The molecule has 3 aromatic rings. The Kier molecular flexibility index (Phi) is 5.50. The molecule has 2 aromatic heterocycles. The maximum Gasteiger partial charge on any atom is 0.276 e. The molecule has 0 aliphatic carbocycles. The van der Waals surface area contributed by atoms with Gasteiger partial charge in [-0.1, -0.05) is 44.2 Å². The van der Waals surface area contributed by atoms with Gasteiger partial charge >= 0.3 is 0 Å². The van der Waals surface area contributed by atoms with Gasteiger partial charge in [-0.3, -0.25) is 9.59 Å². The molecule has 6 heteroatoms. The van der Waals surface area contributed by atoms with E-state index in [9.17, 15) is 9.59 Å². The molecule has 1 fully saturated rings. The maximum atomic E-state index is 13.2. The Bertz CT molecular complexity index is 1120. The predicted molar refractivity (Wildman–Crippen MR) is 119 cm³/mol.